The van der Waals surface area contributed by atoms with Gasteiger partial charge in [-0.3, -0.25) is 14.5 Å². The van der Waals surface area contributed by atoms with Crippen LogP contribution in [-0.4, -0.2) is 59.0 Å². The Morgan fingerprint density at radius 2 is 1.62 bits per heavy atom. The van der Waals surface area contributed by atoms with E-state index >= 15 is 0 Å². The number of nitrogens with zero attached hydrogens (tertiary/aromatic N) is 2. The summed E-state index contributed by atoms with van der Waals surface area (Å²) in [5, 5.41) is 9.57. The Morgan fingerprint density at radius 1 is 1.05 bits per heavy atom. The number of carboxylic acids is 1. The average molecular weight is 296 g/mol. The van der Waals surface area contributed by atoms with Crippen molar-refractivity contribution in [3.8, 4) is 0 Å². The van der Waals surface area contributed by atoms with E-state index in [-0.39, 0.29) is 12.3 Å². The van der Waals surface area contributed by atoms with Crippen molar-refractivity contribution in [2.75, 3.05) is 26.2 Å². The first-order valence-electron chi connectivity index (χ1n) is 8.20. The molecule has 5 nitrogen and oxygen atoms in total. The van der Waals surface area contributed by atoms with Crippen molar-refractivity contribution in [1.29, 1.82) is 0 Å². The predicted octanol–water partition coefficient (Wildman–Crippen LogP) is 1.96. The van der Waals surface area contributed by atoms with Gasteiger partial charge in [0, 0.05) is 38.6 Å². The van der Waals surface area contributed by atoms with Gasteiger partial charge in [-0.15, -0.1) is 0 Å². The molecule has 0 atom stereocenters. The van der Waals surface area contributed by atoms with E-state index in [4.69, 9.17) is 0 Å². The number of piperazine rings is 1. The highest BCUT2D eigenvalue weighted by molar-refractivity contribution is 5.85. The van der Waals surface area contributed by atoms with Crippen molar-refractivity contribution < 1.29 is 14.7 Å². The molecular weight excluding hydrogens is 268 g/mol. The van der Waals surface area contributed by atoms with Crippen LogP contribution in [0.2, 0.25) is 0 Å². The molecule has 2 aliphatic rings. The molecule has 0 aromatic carbocycles. The van der Waals surface area contributed by atoms with Crippen molar-refractivity contribution in [2.24, 2.45) is 5.41 Å². The van der Waals surface area contributed by atoms with Crippen molar-refractivity contribution in [3.63, 3.8) is 0 Å². The topological polar surface area (TPSA) is 60.9 Å². The summed E-state index contributed by atoms with van der Waals surface area (Å²) in [4.78, 5) is 28.4. The maximum atomic E-state index is 12.5. The molecule has 2 fully saturated rings. The average Bonchev–Trinajstić information content (AvgIpc) is 2.48. The molecule has 1 aliphatic heterocycles. The van der Waals surface area contributed by atoms with Crippen LogP contribution in [0, 0.1) is 5.41 Å². The number of amides is 1. The maximum absolute atomic E-state index is 12.5. The summed E-state index contributed by atoms with van der Waals surface area (Å²) in [6.07, 6.45) is 4.45. The van der Waals surface area contributed by atoms with E-state index in [2.05, 4.69) is 18.7 Å². The minimum Gasteiger partial charge on any atom is -0.481 e. The standard InChI is InChI=1S/C16H28N2O3/c1-13(2)17-8-10-18(11-9-17)14(19)12-16(15(20)21)6-4-3-5-7-16/h13H,3-12H2,1-2H3,(H,20,21). The van der Waals surface area contributed by atoms with Gasteiger partial charge >= 0.3 is 5.97 Å². The Labute approximate surface area is 127 Å². The molecule has 0 radical (unpaired) electrons. The number of carboxylic acid groups (broad SMARTS) is 1. The molecule has 0 spiro atoms. The predicted molar refractivity (Wildman–Crippen MR) is 81.1 cm³/mol. The molecule has 0 unspecified atom stereocenters. The van der Waals surface area contributed by atoms with E-state index in [0.29, 0.717) is 18.9 Å². The van der Waals surface area contributed by atoms with Crippen LogP contribution in [0.3, 0.4) is 0 Å². The maximum Gasteiger partial charge on any atom is 0.310 e. The Morgan fingerprint density at radius 3 is 2.10 bits per heavy atom. The van der Waals surface area contributed by atoms with Crippen LogP contribution in [0.5, 0.6) is 0 Å². The van der Waals surface area contributed by atoms with E-state index in [1.807, 2.05) is 4.90 Å². The summed E-state index contributed by atoms with van der Waals surface area (Å²) in [5.74, 6) is -0.751. The largest absolute Gasteiger partial charge is 0.481 e. The van der Waals surface area contributed by atoms with Gasteiger partial charge in [-0.1, -0.05) is 19.3 Å². The molecule has 1 aliphatic carbocycles. The Bertz CT molecular complexity index is 381. The molecule has 2 rings (SSSR count). The summed E-state index contributed by atoms with van der Waals surface area (Å²) in [6, 6.07) is 0.506. The van der Waals surface area contributed by atoms with Crippen LogP contribution >= 0.6 is 0 Å². The zero-order valence-corrected chi connectivity index (χ0v) is 13.3. The quantitative estimate of drug-likeness (QED) is 0.861. The van der Waals surface area contributed by atoms with E-state index in [9.17, 15) is 14.7 Å². The highest BCUT2D eigenvalue weighted by Gasteiger charge is 2.42. The summed E-state index contributed by atoms with van der Waals surface area (Å²) in [5.41, 5.74) is -0.801. The van der Waals surface area contributed by atoms with Gasteiger partial charge in [0.05, 0.1) is 5.41 Å². The number of carbonyl (C=O) groups is 2. The van der Waals surface area contributed by atoms with Gasteiger partial charge < -0.3 is 10.0 Å². The first kappa shape index (κ1) is 16.3. The second-order valence-electron chi connectivity index (χ2n) is 6.83. The van der Waals surface area contributed by atoms with Gasteiger partial charge in [0.25, 0.3) is 0 Å². The zero-order chi connectivity index (χ0) is 15.5. The number of hydrogen-bond donors (Lipinski definition) is 1. The molecule has 5 heteroatoms. The lowest BCUT2D eigenvalue weighted by molar-refractivity contribution is -0.156. The molecule has 1 saturated heterocycles. The van der Waals surface area contributed by atoms with Gasteiger partial charge in [0.15, 0.2) is 0 Å². The number of carbonyl (C=O) groups excluding carboxylic acids is 1. The molecule has 1 N–H and O–H groups in total. The zero-order valence-electron chi connectivity index (χ0n) is 13.3. The number of rotatable bonds is 4. The SMILES string of the molecule is CC(C)N1CCN(C(=O)CC2(C(=O)O)CCCCC2)CC1. The molecule has 0 aromatic rings. The summed E-state index contributed by atoms with van der Waals surface area (Å²) < 4.78 is 0. The molecule has 21 heavy (non-hydrogen) atoms. The third kappa shape index (κ3) is 3.76. The smallest absolute Gasteiger partial charge is 0.310 e. The molecule has 1 amide bonds. The Kier molecular flexibility index (Phi) is 5.25. The van der Waals surface area contributed by atoms with Gasteiger partial charge in [-0.2, -0.15) is 0 Å². The van der Waals surface area contributed by atoms with E-state index in [1.165, 1.54) is 0 Å². The van der Waals surface area contributed by atoms with Crippen molar-refractivity contribution in [2.45, 2.75) is 58.4 Å². The highest BCUT2D eigenvalue weighted by atomic mass is 16.4. The van der Waals surface area contributed by atoms with Crippen LogP contribution < -0.4 is 0 Å². The Hall–Kier alpha value is -1.10. The van der Waals surface area contributed by atoms with Crippen molar-refractivity contribution in [1.82, 2.24) is 9.80 Å². The first-order valence-corrected chi connectivity index (χ1v) is 8.20. The normalized spacial score (nSPS) is 23.3. The molecule has 0 bridgehead atoms. The summed E-state index contributed by atoms with van der Waals surface area (Å²) >= 11 is 0. The van der Waals surface area contributed by atoms with Crippen LogP contribution in [0.1, 0.15) is 52.4 Å². The second-order valence-corrected chi connectivity index (χ2v) is 6.83. The fourth-order valence-corrected chi connectivity index (χ4v) is 3.58. The van der Waals surface area contributed by atoms with Gasteiger partial charge in [0.1, 0.15) is 0 Å². The lowest BCUT2D eigenvalue weighted by atomic mass is 9.71. The molecule has 1 saturated carbocycles. The van der Waals surface area contributed by atoms with E-state index in [0.717, 1.165) is 45.4 Å². The van der Waals surface area contributed by atoms with Crippen LogP contribution in [0.4, 0.5) is 0 Å². The van der Waals surface area contributed by atoms with E-state index in [1.54, 1.807) is 0 Å². The molecule has 120 valence electrons. The molecule has 0 aromatic heterocycles. The Balaban J connectivity index is 1.93. The summed E-state index contributed by atoms with van der Waals surface area (Å²) in [7, 11) is 0. The molecule has 1 heterocycles. The van der Waals surface area contributed by atoms with Gasteiger partial charge in [-0.25, -0.2) is 0 Å². The lowest BCUT2D eigenvalue weighted by Crippen LogP contribution is -2.52. The third-order valence-electron chi connectivity index (χ3n) is 5.15. The van der Waals surface area contributed by atoms with Gasteiger partial charge in [-0.05, 0) is 26.7 Å². The van der Waals surface area contributed by atoms with Crippen molar-refractivity contribution in [3.05, 3.63) is 0 Å². The van der Waals surface area contributed by atoms with Crippen molar-refractivity contribution >= 4 is 11.9 Å². The number of hydrogen-bond acceptors (Lipinski definition) is 3. The first-order chi connectivity index (χ1) is 9.94. The number of aliphatic carboxylic acids is 1. The third-order valence-corrected chi connectivity index (χ3v) is 5.15. The fraction of sp³-hybridized carbons (Fsp3) is 0.875. The molecular formula is C16H28N2O3. The van der Waals surface area contributed by atoms with Gasteiger partial charge in [0.2, 0.25) is 5.91 Å². The van der Waals surface area contributed by atoms with Crippen LogP contribution in [0.25, 0.3) is 0 Å². The van der Waals surface area contributed by atoms with Crippen LogP contribution in [0.15, 0.2) is 0 Å². The monoisotopic (exact) mass is 296 g/mol. The van der Waals surface area contributed by atoms with Crippen LogP contribution in [-0.2, 0) is 9.59 Å². The minimum atomic E-state index is -0.801. The van der Waals surface area contributed by atoms with E-state index < -0.39 is 11.4 Å². The summed E-state index contributed by atoms with van der Waals surface area (Å²) in [6.45, 7) is 7.57. The fourth-order valence-electron chi connectivity index (χ4n) is 3.58. The highest BCUT2D eigenvalue weighted by Crippen LogP contribution is 2.40. The minimum absolute atomic E-state index is 0.0303. The second kappa shape index (κ2) is 6.77. The lowest BCUT2D eigenvalue weighted by Gasteiger charge is -2.39.